The summed E-state index contributed by atoms with van der Waals surface area (Å²) in [7, 11) is 0. The summed E-state index contributed by atoms with van der Waals surface area (Å²) < 4.78 is 0. The highest BCUT2D eigenvalue weighted by molar-refractivity contribution is 5.95. The second-order valence-electron chi connectivity index (χ2n) is 10.0. The van der Waals surface area contributed by atoms with Gasteiger partial charge in [-0.3, -0.25) is 10.1 Å². The molecule has 9 heteroatoms. The average Bonchev–Trinajstić information content (AvgIpc) is 3.62. The van der Waals surface area contributed by atoms with Crippen LogP contribution in [0.3, 0.4) is 0 Å². The van der Waals surface area contributed by atoms with Crippen LogP contribution in [0.15, 0.2) is 73.3 Å². The van der Waals surface area contributed by atoms with Crippen LogP contribution < -0.4 is 10.2 Å². The van der Waals surface area contributed by atoms with Gasteiger partial charge in [0.15, 0.2) is 17.1 Å². The molecule has 9 nitrogen and oxygen atoms in total. The molecular formula is C30H29N9. The summed E-state index contributed by atoms with van der Waals surface area (Å²) in [5.74, 6) is 0.684. The number of pyridine rings is 3. The van der Waals surface area contributed by atoms with Crippen LogP contribution in [0.5, 0.6) is 0 Å². The molecule has 5 aromatic heterocycles. The number of aromatic amines is 2. The van der Waals surface area contributed by atoms with Crippen molar-refractivity contribution in [3.63, 3.8) is 0 Å². The van der Waals surface area contributed by atoms with E-state index in [1.54, 1.807) is 0 Å². The molecule has 1 aliphatic heterocycles. The lowest BCUT2D eigenvalue weighted by atomic mass is 10.1. The molecule has 1 aromatic carbocycles. The summed E-state index contributed by atoms with van der Waals surface area (Å²) in [5.41, 5.74) is 8.59. The SMILES string of the molecule is c1ccc(CNCc2cncc(-c3cnc4[nH]nc(-c5nc6c(N7CCCCC7)ccnc6[nH]5)c4c3)c2)cc1. The van der Waals surface area contributed by atoms with Crippen molar-refractivity contribution in [3.05, 3.63) is 84.4 Å². The Morgan fingerprint density at radius 2 is 1.67 bits per heavy atom. The fourth-order valence-corrected chi connectivity index (χ4v) is 5.33. The molecule has 1 saturated heterocycles. The van der Waals surface area contributed by atoms with Crippen molar-refractivity contribution < 1.29 is 0 Å². The maximum atomic E-state index is 4.97. The van der Waals surface area contributed by atoms with Gasteiger partial charge in [0.25, 0.3) is 0 Å². The molecule has 0 radical (unpaired) electrons. The van der Waals surface area contributed by atoms with Gasteiger partial charge < -0.3 is 15.2 Å². The van der Waals surface area contributed by atoms with Crippen molar-refractivity contribution >= 4 is 27.9 Å². The van der Waals surface area contributed by atoms with Gasteiger partial charge in [0, 0.05) is 62.1 Å². The summed E-state index contributed by atoms with van der Waals surface area (Å²) in [4.78, 5) is 24.5. The molecule has 6 aromatic rings. The molecule has 0 unspecified atom stereocenters. The van der Waals surface area contributed by atoms with Gasteiger partial charge >= 0.3 is 0 Å². The molecule has 0 amide bonds. The van der Waals surface area contributed by atoms with Crippen LogP contribution >= 0.6 is 0 Å². The Labute approximate surface area is 225 Å². The number of fused-ring (bicyclic) bond motifs is 2. The standard InChI is InChI=1S/C30H29N9/c1-3-7-20(8-4-1)15-31-16-21-13-22(18-32-17-21)23-14-24-26(37-38-28(24)34-19-23)30-35-27-25(9-10-33-29(27)36-30)39-11-5-2-6-12-39/h1,3-4,7-10,13-14,17-19,31H,2,5-6,11-12,15-16H2,(H,33,35,36)(H,34,37,38). The number of anilines is 1. The number of benzene rings is 1. The fraction of sp³-hybridized carbons (Fsp3) is 0.233. The largest absolute Gasteiger partial charge is 0.370 e. The molecule has 0 spiro atoms. The highest BCUT2D eigenvalue weighted by Gasteiger charge is 2.19. The lowest BCUT2D eigenvalue weighted by molar-refractivity contribution is 0.578. The van der Waals surface area contributed by atoms with Gasteiger partial charge in [-0.2, -0.15) is 5.10 Å². The van der Waals surface area contributed by atoms with E-state index in [1.807, 2.05) is 30.9 Å². The number of piperidine rings is 1. The number of rotatable bonds is 7. The van der Waals surface area contributed by atoms with E-state index in [9.17, 15) is 0 Å². The van der Waals surface area contributed by atoms with Crippen molar-refractivity contribution in [2.24, 2.45) is 0 Å². The quantitative estimate of drug-likeness (QED) is 0.267. The molecule has 39 heavy (non-hydrogen) atoms. The third-order valence-corrected chi connectivity index (χ3v) is 7.33. The summed E-state index contributed by atoms with van der Waals surface area (Å²) in [6, 6.07) is 16.7. The predicted molar refractivity (Wildman–Crippen MR) is 153 cm³/mol. The van der Waals surface area contributed by atoms with E-state index < -0.39 is 0 Å². The number of H-pyrrole nitrogens is 2. The van der Waals surface area contributed by atoms with Crippen LogP contribution in [0.2, 0.25) is 0 Å². The van der Waals surface area contributed by atoms with Gasteiger partial charge in [-0.25, -0.2) is 15.0 Å². The zero-order chi connectivity index (χ0) is 26.0. The Hall–Kier alpha value is -4.63. The van der Waals surface area contributed by atoms with E-state index in [4.69, 9.17) is 4.98 Å². The number of hydrogen-bond donors (Lipinski definition) is 3. The van der Waals surface area contributed by atoms with Gasteiger partial charge in [-0.05, 0) is 48.6 Å². The van der Waals surface area contributed by atoms with Crippen LogP contribution in [0, 0.1) is 0 Å². The Bertz CT molecular complexity index is 1730. The van der Waals surface area contributed by atoms with Crippen LogP contribution in [0.1, 0.15) is 30.4 Å². The maximum Gasteiger partial charge on any atom is 0.161 e. The predicted octanol–water partition coefficient (Wildman–Crippen LogP) is 5.24. The number of nitrogens with zero attached hydrogens (tertiary/aromatic N) is 6. The van der Waals surface area contributed by atoms with Gasteiger partial charge in [0.1, 0.15) is 11.2 Å². The number of hydrogen-bond acceptors (Lipinski definition) is 7. The van der Waals surface area contributed by atoms with E-state index >= 15 is 0 Å². The Kier molecular flexibility index (Phi) is 6.18. The zero-order valence-electron chi connectivity index (χ0n) is 21.6. The molecule has 0 saturated carbocycles. The monoisotopic (exact) mass is 515 g/mol. The van der Waals surface area contributed by atoms with Gasteiger partial charge in [-0.1, -0.05) is 30.3 Å². The third kappa shape index (κ3) is 4.72. The van der Waals surface area contributed by atoms with Crippen molar-refractivity contribution in [2.75, 3.05) is 18.0 Å². The topological polar surface area (TPSA) is 111 Å². The van der Waals surface area contributed by atoms with Crippen molar-refractivity contribution in [1.82, 2.24) is 40.4 Å². The highest BCUT2D eigenvalue weighted by Crippen LogP contribution is 2.32. The molecular weight excluding hydrogens is 486 g/mol. The van der Waals surface area contributed by atoms with E-state index in [-0.39, 0.29) is 0 Å². The Morgan fingerprint density at radius 1 is 0.821 bits per heavy atom. The molecule has 7 rings (SSSR count). The lowest BCUT2D eigenvalue weighted by Gasteiger charge is -2.28. The molecule has 1 aliphatic rings. The Morgan fingerprint density at radius 3 is 2.56 bits per heavy atom. The molecule has 194 valence electrons. The first-order valence-corrected chi connectivity index (χ1v) is 13.4. The molecule has 0 bridgehead atoms. The van der Waals surface area contributed by atoms with E-state index in [0.29, 0.717) is 11.5 Å². The minimum atomic E-state index is 0.684. The number of aromatic nitrogens is 7. The summed E-state index contributed by atoms with van der Waals surface area (Å²) in [5, 5.41) is 12.0. The lowest BCUT2D eigenvalue weighted by Crippen LogP contribution is -2.29. The highest BCUT2D eigenvalue weighted by atomic mass is 15.2. The first-order valence-electron chi connectivity index (χ1n) is 13.4. The third-order valence-electron chi connectivity index (χ3n) is 7.33. The average molecular weight is 516 g/mol. The number of imidazole rings is 1. The second kappa shape index (κ2) is 10.3. The van der Waals surface area contributed by atoms with Gasteiger partial charge in [0.05, 0.1) is 11.1 Å². The zero-order valence-corrected chi connectivity index (χ0v) is 21.6. The van der Waals surface area contributed by atoms with Crippen LogP contribution in [0.4, 0.5) is 5.69 Å². The second-order valence-corrected chi connectivity index (χ2v) is 10.0. The number of nitrogens with one attached hydrogen (secondary N) is 3. The summed E-state index contributed by atoms with van der Waals surface area (Å²) in [6.45, 7) is 3.64. The summed E-state index contributed by atoms with van der Waals surface area (Å²) >= 11 is 0. The molecule has 1 fully saturated rings. The minimum absolute atomic E-state index is 0.684. The van der Waals surface area contributed by atoms with E-state index in [1.165, 1.54) is 24.8 Å². The van der Waals surface area contributed by atoms with Crippen LogP contribution in [-0.4, -0.2) is 48.2 Å². The van der Waals surface area contributed by atoms with E-state index in [0.717, 1.165) is 70.8 Å². The van der Waals surface area contributed by atoms with Gasteiger partial charge in [0.2, 0.25) is 0 Å². The molecule has 3 N–H and O–H groups in total. The molecule has 0 atom stereocenters. The van der Waals surface area contributed by atoms with Crippen molar-refractivity contribution in [2.45, 2.75) is 32.4 Å². The Balaban J connectivity index is 1.18. The van der Waals surface area contributed by atoms with Crippen LogP contribution in [-0.2, 0) is 13.1 Å². The first-order chi connectivity index (χ1) is 19.3. The van der Waals surface area contributed by atoms with Crippen molar-refractivity contribution in [3.8, 4) is 22.6 Å². The smallest absolute Gasteiger partial charge is 0.161 e. The van der Waals surface area contributed by atoms with E-state index in [2.05, 4.69) is 82.8 Å². The maximum absolute atomic E-state index is 4.97. The summed E-state index contributed by atoms with van der Waals surface area (Å²) in [6.07, 6.45) is 11.2. The molecule has 0 aliphatic carbocycles. The fourth-order valence-electron chi connectivity index (χ4n) is 5.33. The molecule has 6 heterocycles. The normalized spacial score (nSPS) is 13.9. The first kappa shape index (κ1) is 23.5. The minimum Gasteiger partial charge on any atom is -0.370 e. The van der Waals surface area contributed by atoms with Crippen molar-refractivity contribution in [1.29, 1.82) is 0 Å². The van der Waals surface area contributed by atoms with Gasteiger partial charge in [-0.15, -0.1) is 0 Å². The van der Waals surface area contributed by atoms with Crippen LogP contribution in [0.25, 0.3) is 44.8 Å².